The summed E-state index contributed by atoms with van der Waals surface area (Å²) in [6.45, 7) is 9.62. The zero-order valence-electron chi connectivity index (χ0n) is 27.2. The normalized spacial score (nSPS) is 20.1. The Morgan fingerprint density at radius 1 is 0.804 bits per heavy atom. The number of hydrogen-bond acceptors (Lipinski definition) is 6. The molecule has 0 bridgehead atoms. The molecule has 46 heavy (non-hydrogen) atoms. The molecule has 0 unspecified atom stereocenters. The van der Waals surface area contributed by atoms with E-state index in [9.17, 15) is 14.4 Å². The van der Waals surface area contributed by atoms with Crippen LogP contribution in [0, 0.1) is 0 Å². The molecule has 0 radical (unpaired) electrons. The second-order valence-corrected chi connectivity index (χ2v) is 14.3. The number of piperidine rings is 1. The van der Waals surface area contributed by atoms with Crippen molar-refractivity contribution in [2.75, 3.05) is 42.6 Å². The monoisotopic (exact) mass is 620 g/mol. The lowest BCUT2D eigenvalue weighted by atomic mass is 9.85. The number of fused-ring (bicyclic) bond motifs is 2. The molecule has 7 rings (SSSR count). The van der Waals surface area contributed by atoms with Gasteiger partial charge in [-0.25, -0.2) is 4.79 Å². The van der Waals surface area contributed by atoms with Crippen molar-refractivity contribution in [1.29, 1.82) is 0 Å². The van der Waals surface area contributed by atoms with Crippen molar-refractivity contribution < 1.29 is 19.1 Å². The van der Waals surface area contributed by atoms with Crippen molar-refractivity contribution in [2.24, 2.45) is 0 Å². The molecule has 240 valence electrons. The molecule has 2 amide bonds. The highest BCUT2D eigenvalue weighted by Crippen LogP contribution is 2.57. The number of carbonyl (C=O) groups excluding carboxylic acids is 3. The SMILES string of the molecule is CC(C)(C)OC(=O)c1ccccc1CN1CN(c2ccccc2)C2(CCN(CCCN3C(=O)C4(CC4)c4ccccc43)CC2)C1=O. The molecule has 2 spiro atoms. The topological polar surface area (TPSA) is 73.4 Å². The summed E-state index contributed by atoms with van der Waals surface area (Å²) in [5.41, 5.74) is 3.12. The van der Waals surface area contributed by atoms with Crippen LogP contribution in [0.3, 0.4) is 0 Å². The van der Waals surface area contributed by atoms with Crippen LogP contribution < -0.4 is 9.80 Å². The van der Waals surface area contributed by atoms with Crippen LogP contribution in [0.2, 0.25) is 0 Å². The van der Waals surface area contributed by atoms with Crippen LogP contribution in [-0.2, 0) is 26.3 Å². The average molecular weight is 621 g/mol. The zero-order chi connectivity index (χ0) is 32.1. The average Bonchev–Trinajstić information content (AvgIpc) is 3.78. The third-order valence-electron chi connectivity index (χ3n) is 10.2. The first-order valence-corrected chi connectivity index (χ1v) is 16.7. The minimum Gasteiger partial charge on any atom is -0.456 e. The molecule has 1 saturated carbocycles. The van der Waals surface area contributed by atoms with E-state index >= 15 is 0 Å². The Morgan fingerprint density at radius 2 is 1.48 bits per heavy atom. The van der Waals surface area contributed by atoms with Crippen LogP contribution >= 0.6 is 0 Å². The van der Waals surface area contributed by atoms with E-state index in [-0.39, 0.29) is 23.2 Å². The number of para-hydroxylation sites is 2. The highest BCUT2D eigenvalue weighted by Gasteiger charge is 2.59. The van der Waals surface area contributed by atoms with E-state index in [0.29, 0.717) is 18.8 Å². The van der Waals surface area contributed by atoms with Crippen LogP contribution in [0.15, 0.2) is 78.9 Å². The van der Waals surface area contributed by atoms with Gasteiger partial charge in [-0.05, 0) is 94.8 Å². The Kier molecular flexibility index (Phi) is 7.67. The zero-order valence-corrected chi connectivity index (χ0v) is 27.2. The van der Waals surface area contributed by atoms with Gasteiger partial charge in [-0.3, -0.25) is 9.59 Å². The predicted octanol–water partition coefficient (Wildman–Crippen LogP) is 5.75. The van der Waals surface area contributed by atoms with Gasteiger partial charge in [0, 0.05) is 37.6 Å². The number of hydrogen-bond donors (Lipinski definition) is 0. The van der Waals surface area contributed by atoms with Gasteiger partial charge in [0.25, 0.3) is 0 Å². The molecule has 3 aromatic rings. The fourth-order valence-electron chi connectivity index (χ4n) is 7.74. The fourth-order valence-corrected chi connectivity index (χ4v) is 7.74. The molecular weight excluding hydrogens is 576 g/mol. The summed E-state index contributed by atoms with van der Waals surface area (Å²) in [6.07, 6.45) is 4.26. The lowest BCUT2D eigenvalue weighted by Gasteiger charge is -2.43. The van der Waals surface area contributed by atoms with E-state index in [1.165, 1.54) is 5.56 Å². The van der Waals surface area contributed by atoms with Gasteiger partial charge in [0.2, 0.25) is 11.8 Å². The van der Waals surface area contributed by atoms with Gasteiger partial charge < -0.3 is 24.3 Å². The van der Waals surface area contributed by atoms with Crippen LogP contribution in [0.4, 0.5) is 11.4 Å². The number of anilines is 2. The third kappa shape index (κ3) is 5.36. The van der Waals surface area contributed by atoms with Crippen molar-refractivity contribution in [3.63, 3.8) is 0 Å². The van der Waals surface area contributed by atoms with Crippen LogP contribution in [-0.4, -0.2) is 71.6 Å². The summed E-state index contributed by atoms with van der Waals surface area (Å²) >= 11 is 0. The molecule has 1 aliphatic carbocycles. The highest BCUT2D eigenvalue weighted by atomic mass is 16.6. The van der Waals surface area contributed by atoms with E-state index < -0.39 is 11.1 Å². The molecule has 2 saturated heterocycles. The van der Waals surface area contributed by atoms with E-state index in [0.717, 1.165) is 75.2 Å². The van der Waals surface area contributed by atoms with Crippen molar-refractivity contribution in [1.82, 2.24) is 9.80 Å². The quantitative estimate of drug-likeness (QED) is 0.299. The summed E-state index contributed by atoms with van der Waals surface area (Å²) in [4.78, 5) is 49.4. The lowest BCUT2D eigenvalue weighted by Crippen LogP contribution is -2.56. The first-order valence-electron chi connectivity index (χ1n) is 16.7. The van der Waals surface area contributed by atoms with Gasteiger partial charge in [-0.15, -0.1) is 0 Å². The van der Waals surface area contributed by atoms with Gasteiger partial charge in [-0.1, -0.05) is 54.6 Å². The molecule has 3 fully saturated rings. The lowest BCUT2D eigenvalue weighted by molar-refractivity contribution is -0.134. The number of carbonyl (C=O) groups is 3. The first kappa shape index (κ1) is 30.5. The molecule has 0 atom stereocenters. The summed E-state index contributed by atoms with van der Waals surface area (Å²) in [6, 6.07) is 25.9. The van der Waals surface area contributed by atoms with Gasteiger partial charge in [0.05, 0.1) is 17.6 Å². The number of benzene rings is 3. The van der Waals surface area contributed by atoms with E-state index in [2.05, 4.69) is 34.1 Å². The maximum atomic E-state index is 14.4. The number of rotatable bonds is 8. The van der Waals surface area contributed by atoms with Crippen molar-refractivity contribution >= 4 is 29.2 Å². The number of amides is 2. The van der Waals surface area contributed by atoms with Crippen molar-refractivity contribution in [2.45, 2.75) is 76.0 Å². The summed E-state index contributed by atoms with van der Waals surface area (Å²) in [5.74, 6) is 0.0165. The Bertz CT molecular complexity index is 1640. The number of nitrogens with zero attached hydrogens (tertiary/aromatic N) is 4. The molecule has 8 nitrogen and oxygen atoms in total. The second kappa shape index (κ2) is 11.6. The Labute approximate surface area is 271 Å². The minimum atomic E-state index is -0.638. The molecule has 0 N–H and O–H groups in total. The van der Waals surface area contributed by atoms with Crippen LogP contribution in [0.5, 0.6) is 0 Å². The minimum absolute atomic E-state index is 0.115. The number of ether oxygens (including phenoxy) is 1. The molecule has 0 aromatic heterocycles. The number of likely N-dealkylation sites (tertiary alicyclic amines) is 1. The van der Waals surface area contributed by atoms with Gasteiger partial charge >= 0.3 is 5.97 Å². The summed E-state index contributed by atoms with van der Waals surface area (Å²) in [5, 5.41) is 0. The molecule has 8 heteroatoms. The van der Waals surface area contributed by atoms with Gasteiger partial charge in [0.1, 0.15) is 11.1 Å². The molecule has 3 aliphatic heterocycles. The first-order chi connectivity index (χ1) is 22.1. The summed E-state index contributed by atoms with van der Waals surface area (Å²) in [7, 11) is 0. The molecule has 3 heterocycles. The van der Waals surface area contributed by atoms with Crippen molar-refractivity contribution in [3.8, 4) is 0 Å². The van der Waals surface area contributed by atoms with Crippen molar-refractivity contribution in [3.05, 3.63) is 95.6 Å². The standard InChI is InChI=1S/C38H44N4O4/c1-36(2,3)46-33(43)30-15-8-7-12-28(30)26-40-27-42(29-13-5-4-6-14-29)38(35(40)45)20-24-39(25-21-38)22-11-23-41-32-17-10-9-16-31(32)37(18-19-37)34(41)44/h4-10,12-17H,11,18-27H2,1-3H3. The predicted molar refractivity (Wildman–Crippen MR) is 179 cm³/mol. The largest absolute Gasteiger partial charge is 0.456 e. The molecule has 4 aliphatic rings. The number of esters is 1. The second-order valence-electron chi connectivity index (χ2n) is 14.3. The van der Waals surface area contributed by atoms with E-state index in [1.54, 1.807) is 6.07 Å². The van der Waals surface area contributed by atoms with E-state index in [4.69, 9.17) is 4.74 Å². The maximum absolute atomic E-state index is 14.4. The Balaban J connectivity index is 1.04. The van der Waals surface area contributed by atoms with Gasteiger partial charge in [-0.2, -0.15) is 0 Å². The molecule has 3 aromatic carbocycles. The van der Waals surface area contributed by atoms with Gasteiger partial charge in [0.15, 0.2) is 0 Å². The van der Waals surface area contributed by atoms with Crippen LogP contribution in [0.25, 0.3) is 0 Å². The fraction of sp³-hybridized carbons (Fsp3) is 0.447. The Hall–Kier alpha value is -4.17. The van der Waals surface area contributed by atoms with E-state index in [1.807, 2.05) is 79.1 Å². The Morgan fingerprint density at radius 3 is 2.20 bits per heavy atom. The highest BCUT2D eigenvalue weighted by molar-refractivity contribution is 6.10. The third-order valence-corrected chi connectivity index (χ3v) is 10.2. The molecular formula is C38H44N4O4. The van der Waals surface area contributed by atoms with Crippen LogP contribution in [0.1, 0.15) is 74.4 Å². The summed E-state index contributed by atoms with van der Waals surface area (Å²) < 4.78 is 5.69. The smallest absolute Gasteiger partial charge is 0.338 e. The maximum Gasteiger partial charge on any atom is 0.338 e.